The molecular weight excluding hydrogens is 138 g/mol. The summed E-state index contributed by atoms with van der Waals surface area (Å²) < 4.78 is 5.48. The zero-order valence-electron chi connectivity index (χ0n) is 6.72. The average Bonchev–Trinajstić information content (AvgIpc) is 2.27. The first-order valence-electron chi connectivity index (χ1n) is 3.79. The summed E-state index contributed by atoms with van der Waals surface area (Å²) in [7, 11) is 0. The maximum absolute atomic E-state index is 5.48. The van der Waals surface area contributed by atoms with E-state index in [0.717, 1.165) is 11.4 Å². The van der Waals surface area contributed by atoms with E-state index in [2.05, 4.69) is 18.3 Å². The van der Waals surface area contributed by atoms with Crippen LogP contribution in [0, 0.1) is 6.92 Å². The lowest BCUT2D eigenvalue weighted by Crippen LogP contribution is -2.13. The lowest BCUT2D eigenvalue weighted by atomic mass is 10.2. The van der Waals surface area contributed by atoms with Crippen LogP contribution in [0.3, 0.4) is 0 Å². The van der Waals surface area contributed by atoms with E-state index in [9.17, 15) is 0 Å². The minimum Gasteiger partial charge on any atom is -0.469 e. The van der Waals surface area contributed by atoms with Crippen molar-refractivity contribution in [1.82, 2.24) is 0 Å². The number of rotatable bonds is 0. The Morgan fingerprint density at radius 2 is 2.27 bits per heavy atom. The highest BCUT2D eigenvalue weighted by molar-refractivity contribution is 5.60. The Bertz CT molecular complexity index is 283. The molecule has 0 aliphatic carbocycles. The Hall–Kier alpha value is -1.18. The third-order valence-electron chi connectivity index (χ3n) is 1.80. The molecule has 2 heteroatoms. The number of ether oxygens (including phenoxy) is 1. The van der Waals surface area contributed by atoms with Crippen molar-refractivity contribution < 1.29 is 4.74 Å². The van der Waals surface area contributed by atoms with Crippen LogP contribution in [0.15, 0.2) is 18.2 Å². The van der Waals surface area contributed by atoms with Gasteiger partial charge in [-0.15, -0.1) is 0 Å². The fourth-order valence-electron chi connectivity index (χ4n) is 1.29. The van der Waals surface area contributed by atoms with Gasteiger partial charge in [-0.05, 0) is 31.5 Å². The maximum atomic E-state index is 5.48. The molecule has 0 fully saturated rings. The van der Waals surface area contributed by atoms with E-state index in [1.165, 1.54) is 5.56 Å². The molecule has 2 rings (SSSR count). The topological polar surface area (TPSA) is 21.3 Å². The lowest BCUT2D eigenvalue weighted by molar-refractivity contribution is 0.274. The van der Waals surface area contributed by atoms with Crippen LogP contribution >= 0.6 is 0 Å². The summed E-state index contributed by atoms with van der Waals surface area (Å²) in [5.41, 5.74) is 2.34. The van der Waals surface area contributed by atoms with Crippen molar-refractivity contribution in [2.24, 2.45) is 0 Å². The first kappa shape index (κ1) is 6.53. The third-order valence-corrected chi connectivity index (χ3v) is 1.80. The van der Waals surface area contributed by atoms with Gasteiger partial charge in [-0.25, -0.2) is 0 Å². The number of anilines is 1. The van der Waals surface area contributed by atoms with E-state index in [0.29, 0.717) is 0 Å². The molecule has 1 unspecified atom stereocenters. The Labute approximate surface area is 66.2 Å². The zero-order valence-corrected chi connectivity index (χ0v) is 6.72. The zero-order chi connectivity index (χ0) is 7.84. The largest absolute Gasteiger partial charge is 0.469 e. The van der Waals surface area contributed by atoms with Crippen molar-refractivity contribution in [3.05, 3.63) is 23.8 Å². The Kier molecular flexibility index (Phi) is 1.28. The van der Waals surface area contributed by atoms with E-state index in [1.54, 1.807) is 0 Å². The van der Waals surface area contributed by atoms with Gasteiger partial charge in [-0.1, -0.05) is 6.07 Å². The summed E-state index contributed by atoms with van der Waals surface area (Å²) >= 11 is 0. The molecule has 0 amide bonds. The Morgan fingerprint density at radius 3 is 3.09 bits per heavy atom. The van der Waals surface area contributed by atoms with Crippen molar-refractivity contribution in [2.75, 3.05) is 5.32 Å². The van der Waals surface area contributed by atoms with Crippen molar-refractivity contribution in [2.45, 2.75) is 20.1 Å². The predicted molar refractivity (Wildman–Crippen MR) is 44.9 cm³/mol. The van der Waals surface area contributed by atoms with Gasteiger partial charge in [0.25, 0.3) is 0 Å². The number of aryl methyl sites for hydroxylation is 1. The van der Waals surface area contributed by atoms with Crippen molar-refractivity contribution in [3.8, 4) is 5.75 Å². The fraction of sp³-hybridized carbons (Fsp3) is 0.333. The van der Waals surface area contributed by atoms with Crippen LogP contribution in [0.4, 0.5) is 5.69 Å². The van der Waals surface area contributed by atoms with Crippen LogP contribution in [0.25, 0.3) is 0 Å². The second kappa shape index (κ2) is 2.16. The monoisotopic (exact) mass is 149 g/mol. The van der Waals surface area contributed by atoms with E-state index in [1.807, 2.05) is 19.1 Å². The summed E-state index contributed by atoms with van der Waals surface area (Å²) in [4.78, 5) is 0. The van der Waals surface area contributed by atoms with Crippen molar-refractivity contribution in [1.29, 1.82) is 0 Å². The van der Waals surface area contributed by atoms with E-state index >= 15 is 0 Å². The SMILES string of the molecule is Cc1ccc2c(c1)OC(C)N2. The molecular formula is C9H11NO. The number of nitrogens with one attached hydrogen (secondary N) is 1. The van der Waals surface area contributed by atoms with Crippen LogP contribution in [0.5, 0.6) is 5.75 Å². The molecule has 0 radical (unpaired) electrons. The van der Waals surface area contributed by atoms with Gasteiger partial charge in [0.05, 0.1) is 5.69 Å². The molecule has 2 nitrogen and oxygen atoms in total. The first-order chi connectivity index (χ1) is 5.25. The van der Waals surface area contributed by atoms with E-state index in [4.69, 9.17) is 4.74 Å². The van der Waals surface area contributed by atoms with Gasteiger partial charge < -0.3 is 10.1 Å². The summed E-state index contributed by atoms with van der Waals surface area (Å²) in [6, 6.07) is 6.17. The molecule has 1 atom stereocenters. The molecule has 1 N–H and O–H groups in total. The van der Waals surface area contributed by atoms with E-state index < -0.39 is 0 Å². The quantitative estimate of drug-likeness (QED) is 0.610. The van der Waals surface area contributed by atoms with Crippen LogP contribution in [0.1, 0.15) is 12.5 Å². The van der Waals surface area contributed by atoms with Gasteiger partial charge in [0.1, 0.15) is 5.75 Å². The minimum absolute atomic E-state index is 0.117. The second-order valence-electron chi connectivity index (χ2n) is 2.90. The van der Waals surface area contributed by atoms with Crippen LogP contribution in [-0.2, 0) is 0 Å². The van der Waals surface area contributed by atoms with Gasteiger partial charge >= 0.3 is 0 Å². The summed E-state index contributed by atoms with van der Waals surface area (Å²) in [6.45, 7) is 4.06. The lowest BCUT2D eigenvalue weighted by Gasteiger charge is -2.01. The number of fused-ring (bicyclic) bond motifs is 1. The predicted octanol–water partition coefficient (Wildman–Crippen LogP) is 2.15. The molecule has 0 saturated carbocycles. The molecule has 0 bridgehead atoms. The molecule has 58 valence electrons. The summed E-state index contributed by atoms with van der Waals surface area (Å²) in [5, 5.41) is 3.20. The van der Waals surface area contributed by atoms with Gasteiger partial charge in [-0.3, -0.25) is 0 Å². The number of benzene rings is 1. The van der Waals surface area contributed by atoms with Crippen LogP contribution in [-0.4, -0.2) is 6.23 Å². The minimum atomic E-state index is 0.117. The summed E-state index contributed by atoms with van der Waals surface area (Å²) in [6.07, 6.45) is 0.117. The average molecular weight is 149 g/mol. The van der Waals surface area contributed by atoms with E-state index in [-0.39, 0.29) is 6.23 Å². The molecule has 0 spiro atoms. The molecule has 0 saturated heterocycles. The molecule has 1 aliphatic heterocycles. The summed E-state index contributed by atoms with van der Waals surface area (Å²) in [5.74, 6) is 0.970. The standard InChI is InChI=1S/C9H11NO/c1-6-3-4-8-9(5-6)11-7(2)10-8/h3-5,7,10H,1-2H3. The highest BCUT2D eigenvalue weighted by Gasteiger charge is 2.16. The molecule has 11 heavy (non-hydrogen) atoms. The second-order valence-corrected chi connectivity index (χ2v) is 2.90. The third kappa shape index (κ3) is 1.04. The van der Waals surface area contributed by atoms with Gasteiger partial charge in [0.2, 0.25) is 0 Å². The van der Waals surface area contributed by atoms with Gasteiger partial charge in [0, 0.05) is 0 Å². The fourth-order valence-corrected chi connectivity index (χ4v) is 1.29. The molecule has 1 aromatic carbocycles. The van der Waals surface area contributed by atoms with Crippen molar-refractivity contribution in [3.63, 3.8) is 0 Å². The Morgan fingerprint density at radius 1 is 1.45 bits per heavy atom. The van der Waals surface area contributed by atoms with Crippen LogP contribution < -0.4 is 10.1 Å². The highest BCUT2D eigenvalue weighted by atomic mass is 16.5. The first-order valence-corrected chi connectivity index (χ1v) is 3.79. The smallest absolute Gasteiger partial charge is 0.167 e. The number of hydrogen-bond donors (Lipinski definition) is 1. The van der Waals surface area contributed by atoms with Gasteiger partial charge in [0.15, 0.2) is 6.23 Å². The number of hydrogen-bond acceptors (Lipinski definition) is 2. The van der Waals surface area contributed by atoms with Crippen molar-refractivity contribution >= 4 is 5.69 Å². The van der Waals surface area contributed by atoms with Gasteiger partial charge in [-0.2, -0.15) is 0 Å². The normalized spacial score (nSPS) is 20.4. The molecule has 1 heterocycles. The Balaban J connectivity index is 2.43. The molecule has 0 aromatic heterocycles. The van der Waals surface area contributed by atoms with Crippen LogP contribution in [0.2, 0.25) is 0 Å². The molecule has 1 aliphatic rings. The molecule has 1 aromatic rings. The highest BCUT2D eigenvalue weighted by Crippen LogP contribution is 2.31. The maximum Gasteiger partial charge on any atom is 0.167 e.